The van der Waals surface area contributed by atoms with Gasteiger partial charge < -0.3 is 10.7 Å². The molecule has 1 aromatic heterocycles. The lowest BCUT2D eigenvalue weighted by atomic mass is 10.1. The number of nitrogens with two attached hydrogens (primary N) is 1. The third-order valence-electron chi connectivity index (χ3n) is 2.82. The minimum absolute atomic E-state index is 0.768. The normalized spacial score (nSPS) is 11.3. The summed E-state index contributed by atoms with van der Waals surface area (Å²) in [7, 11) is 0. The monoisotopic (exact) mass is 235 g/mol. The van der Waals surface area contributed by atoms with Crippen molar-refractivity contribution in [2.45, 2.75) is 0 Å². The summed E-state index contributed by atoms with van der Waals surface area (Å²) >= 11 is 0. The van der Waals surface area contributed by atoms with E-state index in [1.165, 1.54) is 0 Å². The number of benzene rings is 2. The molecule has 0 aliphatic heterocycles. The summed E-state index contributed by atoms with van der Waals surface area (Å²) in [6, 6.07) is 15.7. The Morgan fingerprint density at radius 3 is 2.56 bits per heavy atom. The Hall–Kier alpha value is -2.55. The largest absolute Gasteiger partial charge is 0.398 e. The van der Waals surface area contributed by atoms with Gasteiger partial charge in [0.1, 0.15) is 5.82 Å². The van der Waals surface area contributed by atoms with Crippen LogP contribution in [0.4, 0.5) is 5.69 Å². The number of hydrogen-bond donors (Lipinski definition) is 2. The number of rotatable bonds is 2. The van der Waals surface area contributed by atoms with Gasteiger partial charge in [-0.2, -0.15) is 0 Å². The van der Waals surface area contributed by atoms with Gasteiger partial charge in [0.05, 0.1) is 11.0 Å². The minimum atomic E-state index is 0.768. The van der Waals surface area contributed by atoms with Gasteiger partial charge in [0.25, 0.3) is 0 Å². The fourth-order valence-corrected chi connectivity index (χ4v) is 1.88. The lowest BCUT2D eigenvalue weighted by Gasteiger charge is -1.97. The summed E-state index contributed by atoms with van der Waals surface area (Å²) in [5.41, 5.74) is 9.65. The number of aromatic nitrogens is 2. The van der Waals surface area contributed by atoms with Crippen molar-refractivity contribution < 1.29 is 0 Å². The van der Waals surface area contributed by atoms with Gasteiger partial charge in [-0.1, -0.05) is 30.3 Å². The first kappa shape index (κ1) is 10.6. The van der Waals surface area contributed by atoms with Crippen molar-refractivity contribution in [1.29, 1.82) is 0 Å². The molecule has 3 nitrogen and oxygen atoms in total. The number of nitrogen functional groups attached to an aromatic ring is 1. The zero-order valence-electron chi connectivity index (χ0n) is 9.80. The van der Waals surface area contributed by atoms with Gasteiger partial charge >= 0.3 is 0 Å². The molecule has 3 heteroatoms. The molecule has 0 atom stereocenters. The fraction of sp³-hybridized carbons (Fsp3) is 0. The van der Waals surface area contributed by atoms with Crippen LogP contribution in [0.5, 0.6) is 0 Å². The summed E-state index contributed by atoms with van der Waals surface area (Å²) in [6.45, 7) is 0. The van der Waals surface area contributed by atoms with Crippen LogP contribution in [0.15, 0.2) is 48.5 Å². The molecule has 0 fully saturated rings. The number of nitrogens with zero attached hydrogens (tertiary/aromatic N) is 1. The predicted octanol–water partition coefficient (Wildman–Crippen LogP) is 3.32. The number of anilines is 1. The molecule has 0 aliphatic carbocycles. The molecule has 0 saturated carbocycles. The maximum atomic E-state index is 5.88. The van der Waals surface area contributed by atoms with E-state index in [0.717, 1.165) is 28.1 Å². The molecular formula is C15H13N3. The number of hydrogen-bond acceptors (Lipinski definition) is 2. The Morgan fingerprint density at radius 1 is 0.944 bits per heavy atom. The van der Waals surface area contributed by atoms with E-state index in [-0.39, 0.29) is 0 Å². The summed E-state index contributed by atoms with van der Waals surface area (Å²) in [6.07, 6.45) is 3.90. The number of imidazole rings is 1. The topological polar surface area (TPSA) is 54.7 Å². The average Bonchev–Trinajstić information content (AvgIpc) is 2.80. The van der Waals surface area contributed by atoms with Crippen molar-refractivity contribution in [3.8, 4) is 0 Å². The third-order valence-corrected chi connectivity index (χ3v) is 2.82. The molecule has 3 aromatic rings. The van der Waals surface area contributed by atoms with Crippen molar-refractivity contribution >= 4 is 28.9 Å². The molecule has 0 aliphatic rings. The lowest BCUT2D eigenvalue weighted by Crippen LogP contribution is -1.87. The van der Waals surface area contributed by atoms with Crippen LogP contribution in [0.2, 0.25) is 0 Å². The van der Waals surface area contributed by atoms with Crippen LogP contribution in [0, 0.1) is 0 Å². The molecule has 0 spiro atoms. The van der Waals surface area contributed by atoms with E-state index in [0.29, 0.717) is 0 Å². The van der Waals surface area contributed by atoms with Crippen molar-refractivity contribution in [2.24, 2.45) is 0 Å². The highest BCUT2D eigenvalue weighted by atomic mass is 14.9. The molecule has 3 rings (SSSR count). The molecule has 88 valence electrons. The van der Waals surface area contributed by atoms with Gasteiger partial charge in [-0.15, -0.1) is 0 Å². The quantitative estimate of drug-likeness (QED) is 0.669. The van der Waals surface area contributed by atoms with E-state index in [1.807, 2.05) is 60.7 Å². The summed E-state index contributed by atoms with van der Waals surface area (Å²) in [5.74, 6) is 0.833. The molecule has 0 bridgehead atoms. The van der Waals surface area contributed by atoms with Crippen LogP contribution >= 0.6 is 0 Å². The SMILES string of the molecule is Nc1ccccc1C=Cc1nc2ccccc2[nH]1. The van der Waals surface area contributed by atoms with Crippen molar-refractivity contribution in [1.82, 2.24) is 9.97 Å². The molecule has 3 N–H and O–H groups in total. The molecule has 0 unspecified atom stereocenters. The van der Waals surface area contributed by atoms with E-state index < -0.39 is 0 Å². The van der Waals surface area contributed by atoms with Crippen LogP contribution < -0.4 is 5.73 Å². The van der Waals surface area contributed by atoms with Crippen molar-refractivity contribution in [2.75, 3.05) is 5.73 Å². The van der Waals surface area contributed by atoms with Crippen LogP contribution in [0.1, 0.15) is 11.4 Å². The van der Waals surface area contributed by atoms with E-state index in [4.69, 9.17) is 5.73 Å². The van der Waals surface area contributed by atoms with Crippen molar-refractivity contribution in [3.63, 3.8) is 0 Å². The second-order valence-electron chi connectivity index (χ2n) is 4.10. The lowest BCUT2D eigenvalue weighted by molar-refractivity contribution is 1.29. The highest BCUT2D eigenvalue weighted by Crippen LogP contribution is 2.15. The van der Waals surface area contributed by atoms with Gasteiger partial charge in [-0.05, 0) is 35.9 Å². The first-order chi connectivity index (χ1) is 8.83. The zero-order valence-corrected chi connectivity index (χ0v) is 9.80. The maximum Gasteiger partial charge on any atom is 0.131 e. The maximum absolute atomic E-state index is 5.88. The second kappa shape index (κ2) is 4.37. The number of fused-ring (bicyclic) bond motifs is 1. The Bertz CT molecular complexity index is 677. The smallest absolute Gasteiger partial charge is 0.131 e. The molecule has 2 aromatic carbocycles. The number of H-pyrrole nitrogens is 1. The highest BCUT2D eigenvalue weighted by Gasteiger charge is 1.98. The molecule has 0 radical (unpaired) electrons. The summed E-state index contributed by atoms with van der Waals surface area (Å²) in [4.78, 5) is 7.72. The zero-order chi connectivity index (χ0) is 12.4. The fourth-order valence-electron chi connectivity index (χ4n) is 1.88. The van der Waals surface area contributed by atoms with Crippen LogP contribution in [-0.2, 0) is 0 Å². The van der Waals surface area contributed by atoms with Gasteiger partial charge in [-0.3, -0.25) is 0 Å². The molecule has 0 saturated heterocycles. The molecule has 0 amide bonds. The summed E-state index contributed by atoms with van der Waals surface area (Å²) < 4.78 is 0. The first-order valence-electron chi connectivity index (χ1n) is 5.80. The molecule has 18 heavy (non-hydrogen) atoms. The standard InChI is InChI=1S/C15H13N3/c16-12-6-2-1-5-11(12)9-10-15-17-13-7-3-4-8-14(13)18-15/h1-10H,16H2,(H,17,18). The number of aromatic amines is 1. The van der Waals surface area contributed by atoms with E-state index in [2.05, 4.69) is 9.97 Å². The number of nitrogens with one attached hydrogen (secondary N) is 1. The first-order valence-corrected chi connectivity index (χ1v) is 5.80. The Balaban J connectivity index is 1.95. The van der Waals surface area contributed by atoms with E-state index >= 15 is 0 Å². The highest BCUT2D eigenvalue weighted by molar-refractivity contribution is 5.80. The van der Waals surface area contributed by atoms with Crippen LogP contribution in [0.25, 0.3) is 23.2 Å². The Morgan fingerprint density at radius 2 is 1.72 bits per heavy atom. The average molecular weight is 235 g/mol. The number of para-hydroxylation sites is 3. The van der Waals surface area contributed by atoms with Gasteiger partial charge in [0.15, 0.2) is 0 Å². The van der Waals surface area contributed by atoms with Gasteiger partial charge in [0.2, 0.25) is 0 Å². The third kappa shape index (κ3) is 1.98. The predicted molar refractivity (Wildman–Crippen MR) is 75.9 cm³/mol. The minimum Gasteiger partial charge on any atom is -0.398 e. The Labute approximate surface area is 105 Å². The van der Waals surface area contributed by atoms with Crippen LogP contribution in [-0.4, -0.2) is 9.97 Å². The van der Waals surface area contributed by atoms with E-state index in [1.54, 1.807) is 0 Å². The Kier molecular flexibility index (Phi) is 2.57. The van der Waals surface area contributed by atoms with Gasteiger partial charge in [-0.25, -0.2) is 4.98 Å². The molecular weight excluding hydrogens is 222 g/mol. The van der Waals surface area contributed by atoms with Crippen LogP contribution in [0.3, 0.4) is 0 Å². The molecule has 1 heterocycles. The summed E-state index contributed by atoms with van der Waals surface area (Å²) in [5, 5.41) is 0. The van der Waals surface area contributed by atoms with Gasteiger partial charge in [0, 0.05) is 5.69 Å². The van der Waals surface area contributed by atoms with Crippen molar-refractivity contribution in [3.05, 3.63) is 59.9 Å². The van der Waals surface area contributed by atoms with E-state index in [9.17, 15) is 0 Å². The second-order valence-corrected chi connectivity index (χ2v) is 4.10.